The monoisotopic (exact) mass is 296 g/mol. The van der Waals surface area contributed by atoms with Crippen molar-refractivity contribution in [3.05, 3.63) is 53.2 Å². The van der Waals surface area contributed by atoms with Crippen LogP contribution in [0.4, 0.5) is 5.69 Å². The summed E-state index contributed by atoms with van der Waals surface area (Å²) in [5.74, 6) is 0.973. The molecular weight excluding hydrogens is 276 g/mol. The molecule has 0 fully saturated rings. The van der Waals surface area contributed by atoms with Crippen LogP contribution in [0.5, 0.6) is 5.88 Å². The molecule has 0 amide bonds. The van der Waals surface area contributed by atoms with E-state index < -0.39 is 0 Å². The van der Waals surface area contributed by atoms with Gasteiger partial charge in [0.2, 0.25) is 5.88 Å². The molecule has 0 saturated carbocycles. The van der Waals surface area contributed by atoms with E-state index in [1.165, 1.54) is 24.0 Å². The van der Waals surface area contributed by atoms with Gasteiger partial charge in [-0.1, -0.05) is 12.1 Å². The number of nitrogens with one attached hydrogen (secondary N) is 1. The Balaban J connectivity index is 1.64. The summed E-state index contributed by atoms with van der Waals surface area (Å²) in [6, 6.07) is 12.0. The summed E-state index contributed by atoms with van der Waals surface area (Å²) >= 11 is 0. The number of nitrogens with two attached hydrogens (primary N) is 1. The summed E-state index contributed by atoms with van der Waals surface area (Å²) in [5, 5.41) is 3.14. The third kappa shape index (κ3) is 3.36. The lowest BCUT2D eigenvalue weighted by Gasteiger charge is -2.08. The summed E-state index contributed by atoms with van der Waals surface area (Å²) < 4.78 is 5.09. The summed E-state index contributed by atoms with van der Waals surface area (Å²) in [6.45, 7) is 0.418. The molecule has 5 nitrogen and oxygen atoms in total. The van der Waals surface area contributed by atoms with Crippen LogP contribution in [0, 0.1) is 0 Å². The van der Waals surface area contributed by atoms with Crippen molar-refractivity contribution in [3.8, 4) is 5.88 Å². The molecule has 1 heterocycles. The van der Waals surface area contributed by atoms with Gasteiger partial charge in [-0.05, 0) is 48.6 Å². The number of guanidine groups is 1. The fraction of sp³-hybridized carbons (Fsp3) is 0.294. The van der Waals surface area contributed by atoms with Crippen LogP contribution in [-0.4, -0.2) is 18.1 Å². The zero-order chi connectivity index (χ0) is 15.4. The zero-order valence-corrected chi connectivity index (χ0v) is 12.7. The lowest BCUT2D eigenvalue weighted by atomic mass is 10.1. The van der Waals surface area contributed by atoms with Gasteiger partial charge in [0.05, 0.1) is 19.3 Å². The summed E-state index contributed by atoms with van der Waals surface area (Å²) in [4.78, 5) is 8.63. The van der Waals surface area contributed by atoms with Crippen LogP contribution in [0.25, 0.3) is 0 Å². The minimum absolute atomic E-state index is 0.391. The van der Waals surface area contributed by atoms with Crippen LogP contribution < -0.4 is 15.8 Å². The number of rotatable bonds is 4. The number of pyridine rings is 1. The average Bonchev–Trinajstić information content (AvgIpc) is 3.01. The highest BCUT2D eigenvalue weighted by Gasteiger charge is 2.10. The number of hydrogen-bond donors (Lipinski definition) is 2. The van der Waals surface area contributed by atoms with Gasteiger partial charge >= 0.3 is 0 Å². The number of hydrogen-bond acceptors (Lipinski definition) is 3. The first-order valence-corrected chi connectivity index (χ1v) is 7.43. The highest BCUT2D eigenvalue weighted by Crippen LogP contribution is 2.24. The number of fused-ring (bicyclic) bond motifs is 1. The summed E-state index contributed by atoms with van der Waals surface area (Å²) in [6.07, 6.45) is 3.57. The van der Waals surface area contributed by atoms with Gasteiger partial charge in [0, 0.05) is 11.8 Å². The molecule has 0 unspecified atom stereocenters. The van der Waals surface area contributed by atoms with Gasteiger partial charge in [0.25, 0.3) is 0 Å². The van der Waals surface area contributed by atoms with Gasteiger partial charge in [0.1, 0.15) is 0 Å². The van der Waals surface area contributed by atoms with Crippen molar-refractivity contribution in [1.82, 2.24) is 4.98 Å². The van der Waals surface area contributed by atoms with Crippen LogP contribution in [0.15, 0.2) is 41.4 Å². The number of nitrogens with zero attached hydrogens (tertiary/aromatic N) is 2. The van der Waals surface area contributed by atoms with E-state index in [9.17, 15) is 0 Å². The Morgan fingerprint density at radius 3 is 3.00 bits per heavy atom. The van der Waals surface area contributed by atoms with Gasteiger partial charge in [-0.2, -0.15) is 0 Å². The Morgan fingerprint density at radius 1 is 1.27 bits per heavy atom. The lowest BCUT2D eigenvalue weighted by Crippen LogP contribution is -2.22. The largest absolute Gasteiger partial charge is 0.481 e. The van der Waals surface area contributed by atoms with Crippen LogP contribution in [0.2, 0.25) is 0 Å². The molecule has 1 aliphatic carbocycles. The van der Waals surface area contributed by atoms with E-state index in [1.54, 1.807) is 13.2 Å². The van der Waals surface area contributed by atoms with E-state index in [4.69, 9.17) is 10.5 Å². The highest BCUT2D eigenvalue weighted by molar-refractivity contribution is 5.92. The molecule has 1 aromatic heterocycles. The van der Waals surface area contributed by atoms with Gasteiger partial charge < -0.3 is 15.8 Å². The molecule has 22 heavy (non-hydrogen) atoms. The van der Waals surface area contributed by atoms with E-state index in [0.717, 1.165) is 17.8 Å². The number of aliphatic imine (C=N–C) groups is 1. The first kappa shape index (κ1) is 14.4. The Labute approximate surface area is 130 Å². The maximum Gasteiger partial charge on any atom is 0.213 e. The van der Waals surface area contributed by atoms with Crippen LogP contribution in [-0.2, 0) is 19.4 Å². The summed E-state index contributed by atoms with van der Waals surface area (Å²) in [5.41, 5.74) is 10.6. The molecule has 1 aliphatic rings. The van der Waals surface area contributed by atoms with Crippen LogP contribution >= 0.6 is 0 Å². The number of methoxy groups -OCH3 is 1. The molecule has 2 aromatic rings. The molecule has 0 bridgehead atoms. The molecule has 114 valence electrons. The Morgan fingerprint density at radius 2 is 2.14 bits per heavy atom. The predicted octanol–water partition coefficient (Wildman–Crippen LogP) is 2.51. The number of benzene rings is 1. The molecule has 3 rings (SSSR count). The van der Waals surface area contributed by atoms with E-state index in [2.05, 4.69) is 33.5 Å². The molecule has 0 aliphatic heterocycles. The molecule has 0 radical (unpaired) electrons. The van der Waals surface area contributed by atoms with E-state index in [1.807, 2.05) is 12.1 Å². The molecule has 0 saturated heterocycles. The standard InChI is InChI=1S/C17H20N4O/c1-22-16-7-3-6-15(20-16)11-19-17(18)21-14-9-8-12-4-2-5-13(12)10-14/h3,6-10H,2,4-5,11H2,1H3,(H3,18,19,21). The van der Waals surface area contributed by atoms with Gasteiger partial charge in [-0.15, -0.1) is 0 Å². The van der Waals surface area contributed by atoms with Crippen LogP contribution in [0.3, 0.4) is 0 Å². The van der Waals surface area contributed by atoms with Crippen molar-refractivity contribution >= 4 is 11.6 Å². The smallest absolute Gasteiger partial charge is 0.213 e. The maximum atomic E-state index is 5.95. The van der Waals surface area contributed by atoms with Crippen LogP contribution in [0.1, 0.15) is 23.2 Å². The summed E-state index contributed by atoms with van der Waals surface area (Å²) in [7, 11) is 1.60. The molecular formula is C17H20N4O. The van der Waals surface area contributed by atoms with Crippen molar-refractivity contribution in [2.75, 3.05) is 12.4 Å². The molecule has 0 spiro atoms. The third-order valence-corrected chi connectivity index (χ3v) is 3.77. The number of anilines is 1. The number of aromatic nitrogens is 1. The van der Waals surface area contributed by atoms with Crippen molar-refractivity contribution in [1.29, 1.82) is 0 Å². The van der Waals surface area contributed by atoms with Gasteiger partial charge in [0.15, 0.2) is 5.96 Å². The lowest BCUT2D eigenvalue weighted by molar-refractivity contribution is 0.396. The fourth-order valence-corrected chi connectivity index (χ4v) is 2.66. The molecule has 5 heteroatoms. The predicted molar refractivity (Wildman–Crippen MR) is 88.2 cm³/mol. The Bertz CT molecular complexity index is 697. The van der Waals surface area contributed by atoms with Crippen molar-refractivity contribution in [2.45, 2.75) is 25.8 Å². The van der Waals surface area contributed by atoms with Gasteiger partial charge in [-0.25, -0.2) is 9.98 Å². The van der Waals surface area contributed by atoms with Crippen molar-refractivity contribution < 1.29 is 4.74 Å². The Kier molecular flexibility index (Phi) is 4.23. The quantitative estimate of drug-likeness (QED) is 0.671. The Hall–Kier alpha value is -2.56. The van der Waals surface area contributed by atoms with E-state index >= 15 is 0 Å². The number of ether oxygens (including phenoxy) is 1. The molecule has 1 aromatic carbocycles. The maximum absolute atomic E-state index is 5.95. The minimum atomic E-state index is 0.391. The third-order valence-electron chi connectivity index (χ3n) is 3.77. The van der Waals surface area contributed by atoms with Crippen molar-refractivity contribution in [3.63, 3.8) is 0 Å². The van der Waals surface area contributed by atoms with E-state index in [-0.39, 0.29) is 0 Å². The number of aryl methyl sites for hydroxylation is 2. The molecule has 0 atom stereocenters. The second-order valence-corrected chi connectivity index (χ2v) is 5.33. The minimum Gasteiger partial charge on any atom is -0.481 e. The normalized spacial score (nSPS) is 13.8. The van der Waals surface area contributed by atoms with Gasteiger partial charge in [-0.3, -0.25) is 0 Å². The SMILES string of the molecule is COc1cccc(CN=C(N)Nc2ccc3c(c2)CCC3)n1. The second-order valence-electron chi connectivity index (χ2n) is 5.33. The second kappa shape index (κ2) is 6.47. The average molecular weight is 296 g/mol. The van der Waals surface area contributed by atoms with E-state index in [0.29, 0.717) is 18.4 Å². The first-order chi connectivity index (χ1) is 10.7. The molecule has 3 N–H and O–H groups in total. The highest BCUT2D eigenvalue weighted by atomic mass is 16.5. The zero-order valence-electron chi connectivity index (χ0n) is 12.7. The van der Waals surface area contributed by atoms with Crippen molar-refractivity contribution in [2.24, 2.45) is 10.7 Å². The topological polar surface area (TPSA) is 72.5 Å². The fourth-order valence-electron chi connectivity index (χ4n) is 2.66. The first-order valence-electron chi connectivity index (χ1n) is 7.43.